The Balaban J connectivity index is 1.48. The maximum Gasteiger partial charge on any atom is 0.223 e. The molecular formula is C16H27NO. The zero-order chi connectivity index (χ0) is 12.4. The van der Waals surface area contributed by atoms with Gasteiger partial charge >= 0.3 is 0 Å². The van der Waals surface area contributed by atoms with Gasteiger partial charge in [0, 0.05) is 12.0 Å². The van der Waals surface area contributed by atoms with E-state index in [1.165, 1.54) is 64.2 Å². The van der Waals surface area contributed by atoms with E-state index in [2.05, 4.69) is 5.32 Å². The first-order valence-electron chi connectivity index (χ1n) is 8.08. The molecular weight excluding hydrogens is 222 g/mol. The molecule has 1 spiro atoms. The van der Waals surface area contributed by atoms with Crippen molar-refractivity contribution in [1.29, 1.82) is 0 Å². The van der Waals surface area contributed by atoms with Crippen molar-refractivity contribution >= 4 is 5.91 Å². The van der Waals surface area contributed by atoms with Crippen LogP contribution in [-0.4, -0.2) is 11.9 Å². The van der Waals surface area contributed by atoms with E-state index in [1.807, 2.05) is 0 Å². The number of nitrogens with one attached hydrogen (secondary N) is 1. The highest BCUT2D eigenvalue weighted by molar-refractivity contribution is 5.79. The highest BCUT2D eigenvalue weighted by Gasteiger charge is 2.39. The summed E-state index contributed by atoms with van der Waals surface area (Å²) in [6.07, 6.45) is 15.7. The fourth-order valence-corrected chi connectivity index (χ4v) is 4.51. The van der Waals surface area contributed by atoms with Crippen LogP contribution in [-0.2, 0) is 4.79 Å². The van der Waals surface area contributed by atoms with Gasteiger partial charge in [0.25, 0.3) is 0 Å². The summed E-state index contributed by atoms with van der Waals surface area (Å²) in [4.78, 5) is 12.2. The quantitative estimate of drug-likeness (QED) is 0.792. The number of carbonyl (C=O) groups is 1. The third-order valence-electron chi connectivity index (χ3n) is 5.78. The molecule has 3 aliphatic carbocycles. The minimum atomic E-state index is 0.330. The smallest absolute Gasteiger partial charge is 0.223 e. The zero-order valence-corrected chi connectivity index (χ0v) is 11.5. The first kappa shape index (κ1) is 12.5. The maximum atomic E-state index is 12.2. The molecule has 0 saturated heterocycles. The molecule has 0 radical (unpaired) electrons. The summed E-state index contributed by atoms with van der Waals surface area (Å²) in [6, 6.07) is 0.500. The van der Waals surface area contributed by atoms with Crippen LogP contribution in [0.5, 0.6) is 0 Å². The third kappa shape index (κ3) is 2.57. The standard InChI is InChI=1S/C16H27NO/c18-15(17-14-5-1-2-6-14)13-7-11-16(12-8-13)9-3-4-10-16/h13-14H,1-12H2,(H,17,18). The Bertz CT molecular complexity index is 290. The van der Waals surface area contributed by atoms with Crippen LogP contribution in [0.2, 0.25) is 0 Å². The average Bonchev–Trinajstić information content (AvgIpc) is 3.03. The van der Waals surface area contributed by atoms with E-state index in [0.29, 0.717) is 23.3 Å². The molecule has 0 bridgehead atoms. The van der Waals surface area contributed by atoms with E-state index in [-0.39, 0.29) is 0 Å². The van der Waals surface area contributed by atoms with Gasteiger partial charge in [-0.3, -0.25) is 4.79 Å². The molecule has 3 rings (SSSR count). The molecule has 0 aromatic rings. The Morgan fingerprint density at radius 1 is 0.833 bits per heavy atom. The number of hydrogen-bond acceptors (Lipinski definition) is 1. The number of amides is 1. The minimum absolute atomic E-state index is 0.330. The van der Waals surface area contributed by atoms with Crippen LogP contribution < -0.4 is 5.32 Å². The fourth-order valence-electron chi connectivity index (χ4n) is 4.51. The van der Waals surface area contributed by atoms with Gasteiger partial charge < -0.3 is 5.32 Å². The summed E-state index contributed by atoms with van der Waals surface area (Å²) < 4.78 is 0. The van der Waals surface area contributed by atoms with Crippen molar-refractivity contribution in [2.24, 2.45) is 11.3 Å². The van der Waals surface area contributed by atoms with Crippen LogP contribution in [0, 0.1) is 11.3 Å². The number of carbonyl (C=O) groups excluding carboxylic acids is 1. The second kappa shape index (κ2) is 5.22. The van der Waals surface area contributed by atoms with Crippen molar-refractivity contribution < 1.29 is 4.79 Å². The molecule has 3 aliphatic rings. The first-order valence-corrected chi connectivity index (χ1v) is 8.08. The van der Waals surface area contributed by atoms with Gasteiger partial charge in [0.05, 0.1) is 0 Å². The summed E-state index contributed by atoms with van der Waals surface area (Å²) in [5, 5.41) is 3.29. The lowest BCUT2D eigenvalue weighted by Crippen LogP contribution is -2.40. The molecule has 0 unspecified atom stereocenters. The van der Waals surface area contributed by atoms with E-state index in [0.717, 1.165) is 12.8 Å². The fraction of sp³-hybridized carbons (Fsp3) is 0.938. The molecule has 2 nitrogen and oxygen atoms in total. The molecule has 2 heteroatoms. The Morgan fingerprint density at radius 3 is 2.06 bits per heavy atom. The normalized spacial score (nSPS) is 28.9. The van der Waals surface area contributed by atoms with Crippen molar-refractivity contribution in [1.82, 2.24) is 5.32 Å². The van der Waals surface area contributed by atoms with Gasteiger partial charge in [0.15, 0.2) is 0 Å². The molecule has 0 heterocycles. The van der Waals surface area contributed by atoms with Crippen molar-refractivity contribution in [2.45, 2.75) is 83.1 Å². The second-order valence-corrected chi connectivity index (χ2v) is 6.97. The molecule has 0 aromatic heterocycles. The van der Waals surface area contributed by atoms with Crippen LogP contribution in [0.4, 0.5) is 0 Å². The van der Waals surface area contributed by atoms with Crippen LogP contribution in [0.3, 0.4) is 0 Å². The van der Waals surface area contributed by atoms with Crippen LogP contribution in [0.1, 0.15) is 77.0 Å². The van der Waals surface area contributed by atoms with Gasteiger partial charge in [-0.2, -0.15) is 0 Å². The SMILES string of the molecule is O=C(NC1CCCC1)C1CCC2(CCCC2)CC1. The molecule has 18 heavy (non-hydrogen) atoms. The Hall–Kier alpha value is -0.530. The number of rotatable bonds is 2. The summed E-state index contributed by atoms with van der Waals surface area (Å²) in [7, 11) is 0. The first-order chi connectivity index (χ1) is 8.77. The molecule has 0 atom stereocenters. The Kier molecular flexibility index (Phi) is 3.63. The summed E-state index contributed by atoms with van der Waals surface area (Å²) in [5.74, 6) is 0.701. The lowest BCUT2D eigenvalue weighted by Gasteiger charge is -2.37. The van der Waals surface area contributed by atoms with Gasteiger partial charge in [-0.05, 0) is 56.8 Å². The second-order valence-electron chi connectivity index (χ2n) is 6.97. The average molecular weight is 249 g/mol. The minimum Gasteiger partial charge on any atom is -0.353 e. The molecule has 0 aliphatic heterocycles. The molecule has 3 saturated carbocycles. The maximum absolute atomic E-state index is 12.2. The van der Waals surface area contributed by atoms with Gasteiger partial charge in [-0.1, -0.05) is 25.7 Å². The number of hydrogen-bond donors (Lipinski definition) is 1. The molecule has 1 N–H and O–H groups in total. The van der Waals surface area contributed by atoms with E-state index in [4.69, 9.17) is 0 Å². The van der Waals surface area contributed by atoms with Gasteiger partial charge in [0.2, 0.25) is 5.91 Å². The molecule has 0 aromatic carbocycles. The summed E-state index contributed by atoms with van der Waals surface area (Å²) >= 11 is 0. The van der Waals surface area contributed by atoms with Crippen LogP contribution in [0.25, 0.3) is 0 Å². The van der Waals surface area contributed by atoms with E-state index < -0.39 is 0 Å². The van der Waals surface area contributed by atoms with Crippen molar-refractivity contribution in [2.75, 3.05) is 0 Å². The van der Waals surface area contributed by atoms with E-state index in [1.54, 1.807) is 0 Å². The Labute approximate surface area is 111 Å². The predicted octanol–water partition coefficient (Wildman–Crippen LogP) is 3.80. The van der Waals surface area contributed by atoms with E-state index >= 15 is 0 Å². The predicted molar refractivity (Wildman–Crippen MR) is 73.3 cm³/mol. The van der Waals surface area contributed by atoms with E-state index in [9.17, 15) is 4.79 Å². The lowest BCUT2D eigenvalue weighted by molar-refractivity contribution is -0.127. The van der Waals surface area contributed by atoms with Crippen molar-refractivity contribution in [3.8, 4) is 0 Å². The molecule has 102 valence electrons. The van der Waals surface area contributed by atoms with Gasteiger partial charge in [0.1, 0.15) is 0 Å². The lowest BCUT2D eigenvalue weighted by atomic mass is 9.69. The largest absolute Gasteiger partial charge is 0.353 e. The molecule has 1 amide bonds. The van der Waals surface area contributed by atoms with Crippen molar-refractivity contribution in [3.05, 3.63) is 0 Å². The summed E-state index contributed by atoms with van der Waals surface area (Å²) in [5.41, 5.74) is 0.657. The monoisotopic (exact) mass is 249 g/mol. The third-order valence-corrected chi connectivity index (χ3v) is 5.78. The van der Waals surface area contributed by atoms with Gasteiger partial charge in [-0.25, -0.2) is 0 Å². The molecule has 3 fully saturated rings. The van der Waals surface area contributed by atoms with Crippen LogP contribution in [0.15, 0.2) is 0 Å². The highest BCUT2D eigenvalue weighted by Crippen LogP contribution is 2.50. The topological polar surface area (TPSA) is 29.1 Å². The highest BCUT2D eigenvalue weighted by atomic mass is 16.1. The zero-order valence-electron chi connectivity index (χ0n) is 11.5. The summed E-state index contributed by atoms with van der Waals surface area (Å²) in [6.45, 7) is 0. The van der Waals surface area contributed by atoms with Gasteiger partial charge in [-0.15, -0.1) is 0 Å². The van der Waals surface area contributed by atoms with Crippen LogP contribution >= 0.6 is 0 Å². The Morgan fingerprint density at radius 2 is 1.44 bits per heavy atom. The van der Waals surface area contributed by atoms with Crippen molar-refractivity contribution in [3.63, 3.8) is 0 Å².